The van der Waals surface area contributed by atoms with Crippen molar-refractivity contribution in [3.63, 3.8) is 0 Å². The van der Waals surface area contributed by atoms with Gasteiger partial charge in [0.25, 0.3) is 0 Å². The molecule has 0 spiro atoms. The molecule has 5 nitrogen and oxygen atoms in total. The van der Waals surface area contributed by atoms with Gasteiger partial charge in [0.2, 0.25) is 10.0 Å². The number of hydrogen-bond acceptors (Lipinski definition) is 3. The van der Waals surface area contributed by atoms with Crippen molar-refractivity contribution in [1.29, 1.82) is 0 Å². The van der Waals surface area contributed by atoms with Crippen LogP contribution in [0.1, 0.15) is 34.8 Å². The minimum absolute atomic E-state index is 0.0430. The van der Waals surface area contributed by atoms with Crippen LogP contribution in [-0.2, 0) is 10.0 Å². The van der Waals surface area contributed by atoms with Gasteiger partial charge in [0.15, 0.2) is 0 Å². The first kappa shape index (κ1) is 15.0. The lowest BCUT2D eigenvalue weighted by Crippen LogP contribution is -2.29. The topological polar surface area (TPSA) is 74.7 Å². The second kappa shape index (κ2) is 5.18. The molecule has 20 heavy (non-hydrogen) atoms. The van der Waals surface area contributed by atoms with Crippen LogP contribution in [-0.4, -0.2) is 36.9 Å². The van der Waals surface area contributed by atoms with Crippen LogP contribution in [0.4, 0.5) is 0 Å². The van der Waals surface area contributed by atoms with E-state index in [4.69, 9.17) is 5.11 Å². The van der Waals surface area contributed by atoms with Crippen molar-refractivity contribution in [3.8, 4) is 0 Å². The third kappa shape index (κ3) is 2.58. The lowest BCUT2D eigenvalue weighted by atomic mass is 10.1. The largest absolute Gasteiger partial charge is 0.478 e. The standard InChI is InChI=1S/C14H19NO4S/c1-9-4-5-15(8-9)20(18,19)13-7-12(14(16)17)10(2)6-11(13)3/h6-7,9H,4-5,8H2,1-3H3,(H,16,17). The maximum absolute atomic E-state index is 12.6. The highest BCUT2D eigenvalue weighted by Gasteiger charge is 2.32. The average molecular weight is 297 g/mol. The highest BCUT2D eigenvalue weighted by molar-refractivity contribution is 7.89. The van der Waals surface area contributed by atoms with E-state index in [1.54, 1.807) is 19.9 Å². The Hall–Kier alpha value is -1.40. The third-order valence-corrected chi connectivity index (χ3v) is 5.76. The number of nitrogens with zero attached hydrogens (tertiary/aromatic N) is 1. The summed E-state index contributed by atoms with van der Waals surface area (Å²) >= 11 is 0. The van der Waals surface area contributed by atoms with E-state index in [-0.39, 0.29) is 10.5 Å². The van der Waals surface area contributed by atoms with E-state index in [9.17, 15) is 13.2 Å². The van der Waals surface area contributed by atoms with Crippen molar-refractivity contribution in [2.75, 3.05) is 13.1 Å². The van der Waals surface area contributed by atoms with Gasteiger partial charge < -0.3 is 5.11 Å². The Morgan fingerprint density at radius 3 is 2.45 bits per heavy atom. The number of carboxylic acids is 1. The van der Waals surface area contributed by atoms with E-state index in [0.717, 1.165) is 6.42 Å². The van der Waals surface area contributed by atoms with Crippen LogP contribution in [0.5, 0.6) is 0 Å². The van der Waals surface area contributed by atoms with E-state index >= 15 is 0 Å². The number of benzene rings is 1. The van der Waals surface area contributed by atoms with Crippen LogP contribution < -0.4 is 0 Å². The maximum atomic E-state index is 12.6. The van der Waals surface area contributed by atoms with E-state index in [0.29, 0.717) is 30.1 Å². The Morgan fingerprint density at radius 1 is 1.30 bits per heavy atom. The van der Waals surface area contributed by atoms with Gasteiger partial charge in [0.1, 0.15) is 0 Å². The zero-order chi connectivity index (χ0) is 15.1. The number of rotatable bonds is 3. The maximum Gasteiger partial charge on any atom is 0.335 e. The van der Waals surface area contributed by atoms with Crippen LogP contribution in [0.25, 0.3) is 0 Å². The Morgan fingerprint density at radius 2 is 1.95 bits per heavy atom. The van der Waals surface area contributed by atoms with Crippen molar-refractivity contribution in [2.45, 2.75) is 32.1 Å². The van der Waals surface area contributed by atoms with Crippen LogP contribution >= 0.6 is 0 Å². The molecule has 1 N–H and O–H groups in total. The predicted octanol–water partition coefficient (Wildman–Crippen LogP) is 2.03. The summed E-state index contributed by atoms with van der Waals surface area (Å²) in [4.78, 5) is 11.3. The van der Waals surface area contributed by atoms with Gasteiger partial charge in [-0.25, -0.2) is 13.2 Å². The van der Waals surface area contributed by atoms with E-state index in [2.05, 4.69) is 0 Å². The van der Waals surface area contributed by atoms with Gasteiger partial charge in [-0.3, -0.25) is 0 Å². The fraction of sp³-hybridized carbons (Fsp3) is 0.500. The first-order chi connectivity index (χ1) is 9.23. The Kier molecular flexibility index (Phi) is 3.88. The molecule has 1 aliphatic rings. The van der Waals surface area contributed by atoms with Gasteiger partial charge in [0.05, 0.1) is 10.5 Å². The van der Waals surface area contributed by atoms with Crippen LogP contribution in [0.2, 0.25) is 0 Å². The monoisotopic (exact) mass is 297 g/mol. The molecule has 0 aromatic heterocycles. The molecule has 1 unspecified atom stereocenters. The Labute approximate surface area is 119 Å². The van der Waals surface area contributed by atoms with Crippen molar-refractivity contribution in [1.82, 2.24) is 4.31 Å². The Bertz CT molecular complexity index is 651. The molecule has 0 radical (unpaired) electrons. The van der Waals surface area contributed by atoms with Gasteiger partial charge in [-0.05, 0) is 43.4 Å². The molecule has 1 atom stereocenters. The number of aromatic carboxylic acids is 1. The van der Waals surface area contributed by atoms with Gasteiger partial charge in [0, 0.05) is 13.1 Å². The number of hydrogen-bond donors (Lipinski definition) is 1. The second-order valence-corrected chi connectivity index (χ2v) is 7.40. The van der Waals surface area contributed by atoms with E-state index in [1.807, 2.05) is 6.92 Å². The molecule has 1 saturated heterocycles. The summed E-state index contributed by atoms with van der Waals surface area (Å²) < 4.78 is 26.7. The highest BCUT2D eigenvalue weighted by Crippen LogP contribution is 2.28. The van der Waals surface area contributed by atoms with Crippen LogP contribution in [0.15, 0.2) is 17.0 Å². The average Bonchev–Trinajstić information content (AvgIpc) is 2.75. The van der Waals surface area contributed by atoms with Crippen molar-refractivity contribution >= 4 is 16.0 Å². The molecule has 6 heteroatoms. The molecule has 1 heterocycles. The van der Waals surface area contributed by atoms with Gasteiger partial charge >= 0.3 is 5.97 Å². The molecule has 1 aromatic carbocycles. The van der Waals surface area contributed by atoms with Gasteiger partial charge in [-0.2, -0.15) is 4.31 Å². The molecule has 1 aromatic rings. The highest BCUT2D eigenvalue weighted by atomic mass is 32.2. The molecule has 0 amide bonds. The molecule has 0 saturated carbocycles. The third-order valence-electron chi connectivity index (χ3n) is 3.76. The fourth-order valence-corrected chi connectivity index (χ4v) is 4.40. The van der Waals surface area contributed by atoms with Crippen molar-refractivity contribution in [3.05, 3.63) is 28.8 Å². The minimum Gasteiger partial charge on any atom is -0.478 e. The summed E-state index contributed by atoms with van der Waals surface area (Å²) in [5.74, 6) is -0.761. The van der Waals surface area contributed by atoms with Crippen LogP contribution in [0.3, 0.4) is 0 Å². The van der Waals surface area contributed by atoms with Gasteiger partial charge in [-0.1, -0.05) is 13.0 Å². The molecule has 2 rings (SSSR count). The lowest BCUT2D eigenvalue weighted by Gasteiger charge is -2.18. The zero-order valence-corrected chi connectivity index (χ0v) is 12.7. The minimum atomic E-state index is -3.61. The van der Waals surface area contributed by atoms with Crippen molar-refractivity contribution < 1.29 is 18.3 Å². The number of carboxylic acid groups (broad SMARTS) is 1. The second-order valence-electron chi connectivity index (χ2n) is 5.49. The Balaban J connectivity index is 2.51. The molecule has 0 bridgehead atoms. The summed E-state index contributed by atoms with van der Waals surface area (Å²) in [5.41, 5.74) is 1.21. The SMILES string of the molecule is Cc1cc(C)c(S(=O)(=O)N2CCC(C)C2)cc1C(=O)O. The number of sulfonamides is 1. The predicted molar refractivity (Wildman–Crippen MR) is 75.4 cm³/mol. The number of aryl methyl sites for hydroxylation is 2. The summed E-state index contributed by atoms with van der Waals surface area (Å²) in [6, 6.07) is 2.90. The van der Waals surface area contributed by atoms with E-state index in [1.165, 1.54) is 10.4 Å². The summed E-state index contributed by atoms with van der Waals surface area (Å²) in [6.45, 7) is 6.38. The zero-order valence-electron chi connectivity index (χ0n) is 11.9. The van der Waals surface area contributed by atoms with Crippen molar-refractivity contribution in [2.24, 2.45) is 5.92 Å². The first-order valence-electron chi connectivity index (χ1n) is 6.58. The molecule has 1 fully saturated rings. The lowest BCUT2D eigenvalue weighted by molar-refractivity contribution is 0.0696. The first-order valence-corrected chi connectivity index (χ1v) is 8.02. The molecule has 0 aliphatic carbocycles. The van der Waals surface area contributed by atoms with E-state index < -0.39 is 16.0 Å². The summed E-state index contributed by atoms with van der Waals surface area (Å²) in [5, 5.41) is 9.15. The van der Waals surface area contributed by atoms with Gasteiger partial charge in [-0.15, -0.1) is 0 Å². The smallest absolute Gasteiger partial charge is 0.335 e. The molecule has 1 aliphatic heterocycles. The van der Waals surface area contributed by atoms with Crippen LogP contribution in [0, 0.1) is 19.8 Å². The molecule has 110 valence electrons. The fourth-order valence-electron chi connectivity index (χ4n) is 2.59. The summed E-state index contributed by atoms with van der Waals surface area (Å²) in [6.07, 6.45) is 0.843. The molecular weight excluding hydrogens is 278 g/mol. The summed E-state index contributed by atoms with van der Waals surface area (Å²) in [7, 11) is -3.61. The molecular formula is C14H19NO4S. The quantitative estimate of drug-likeness (QED) is 0.926. The number of carbonyl (C=O) groups is 1. The normalized spacial score (nSPS) is 20.2.